The molecule has 0 spiro atoms. The van der Waals surface area contributed by atoms with Crippen LogP contribution in [0.5, 0.6) is 11.5 Å². The number of benzene rings is 2. The normalized spacial score (nSPS) is 14.3. The van der Waals surface area contributed by atoms with E-state index in [1.165, 1.54) is 0 Å². The van der Waals surface area contributed by atoms with Crippen molar-refractivity contribution in [2.75, 3.05) is 44.8 Å². The molecule has 7 heteroatoms. The molecular formula is C19H20Cl2N2O3. The summed E-state index contributed by atoms with van der Waals surface area (Å²) in [6.45, 7) is 2.71. The van der Waals surface area contributed by atoms with E-state index < -0.39 is 0 Å². The van der Waals surface area contributed by atoms with E-state index in [-0.39, 0.29) is 12.5 Å². The van der Waals surface area contributed by atoms with Gasteiger partial charge in [0.2, 0.25) is 0 Å². The lowest BCUT2D eigenvalue weighted by atomic mass is 10.2. The van der Waals surface area contributed by atoms with Crippen molar-refractivity contribution in [2.24, 2.45) is 0 Å². The Balaban J connectivity index is 1.53. The van der Waals surface area contributed by atoms with Crippen LogP contribution in [0.25, 0.3) is 0 Å². The summed E-state index contributed by atoms with van der Waals surface area (Å²) < 4.78 is 11.0. The summed E-state index contributed by atoms with van der Waals surface area (Å²) in [5, 5.41) is 0.924. The van der Waals surface area contributed by atoms with Gasteiger partial charge in [-0.2, -0.15) is 0 Å². The zero-order valence-electron chi connectivity index (χ0n) is 14.5. The Hall–Kier alpha value is -2.11. The predicted octanol–water partition coefficient (Wildman–Crippen LogP) is 3.73. The van der Waals surface area contributed by atoms with E-state index >= 15 is 0 Å². The molecule has 1 saturated heterocycles. The number of carbonyl (C=O) groups excluding carboxylic acids is 1. The Morgan fingerprint density at radius 1 is 1.04 bits per heavy atom. The number of piperazine rings is 1. The molecule has 0 unspecified atom stereocenters. The lowest BCUT2D eigenvalue weighted by Crippen LogP contribution is -2.50. The molecule has 138 valence electrons. The quantitative estimate of drug-likeness (QED) is 0.774. The van der Waals surface area contributed by atoms with Crippen molar-refractivity contribution in [3.8, 4) is 11.5 Å². The van der Waals surface area contributed by atoms with E-state index in [0.29, 0.717) is 28.9 Å². The second-order valence-electron chi connectivity index (χ2n) is 5.90. The van der Waals surface area contributed by atoms with Gasteiger partial charge in [-0.15, -0.1) is 0 Å². The molecule has 1 heterocycles. The van der Waals surface area contributed by atoms with E-state index in [2.05, 4.69) is 4.90 Å². The zero-order chi connectivity index (χ0) is 18.5. The number of carbonyl (C=O) groups is 1. The van der Waals surface area contributed by atoms with E-state index in [1.54, 1.807) is 30.2 Å². The molecule has 2 aromatic carbocycles. The van der Waals surface area contributed by atoms with Crippen molar-refractivity contribution in [1.82, 2.24) is 4.90 Å². The number of ether oxygens (including phenoxy) is 2. The Bertz CT molecular complexity index is 777. The van der Waals surface area contributed by atoms with Gasteiger partial charge in [0.25, 0.3) is 5.91 Å². The number of para-hydroxylation sites is 2. The minimum atomic E-state index is -0.0595. The maximum absolute atomic E-state index is 12.4. The van der Waals surface area contributed by atoms with E-state index in [4.69, 9.17) is 32.7 Å². The standard InChI is InChI=1S/C19H20Cl2N2O3/c1-25-18-5-3-2-4-16(18)22-8-10-23(11-9-22)19(24)13-26-17-7-6-14(20)12-15(17)21/h2-7,12H,8-11,13H2,1H3. The van der Waals surface area contributed by atoms with Crippen molar-refractivity contribution in [3.63, 3.8) is 0 Å². The number of halogens is 2. The molecule has 0 bridgehead atoms. The third kappa shape index (κ3) is 4.34. The Morgan fingerprint density at radius 3 is 2.46 bits per heavy atom. The fraction of sp³-hybridized carbons (Fsp3) is 0.316. The van der Waals surface area contributed by atoms with Crippen LogP contribution in [0.3, 0.4) is 0 Å². The number of hydrogen-bond acceptors (Lipinski definition) is 4. The van der Waals surface area contributed by atoms with Gasteiger partial charge in [0.1, 0.15) is 11.5 Å². The maximum Gasteiger partial charge on any atom is 0.260 e. The molecule has 1 aliphatic rings. The summed E-state index contributed by atoms with van der Waals surface area (Å²) in [5.41, 5.74) is 1.05. The van der Waals surface area contributed by atoms with Crippen LogP contribution in [0.4, 0.5) is 5.69 Å². The van der Waals surface area contributed by atoms with Crippen LogP contribution in [0.15, 0.2) is 42.5 Å². The molecule has 1 fully saturated rings. The Kier molecular flexibility index (Phi) is 6.12. The molecule has 1 aliphatic heterocycles. The van der Waals surface area contributed by atoms with Crippen LogP contribution >= 0.6 is 23.2 Å². The first-order chi connectivity index (χ1) is 12.6. The van der Waals surface area contributed by atoms with Gasteiger partial charge in [0, 0.05) is 31.2 Å². The van der Waals surface area contributed by atoms with Gasteiger partial charge in [-0.05, 0) is 30.3 Å². The zero-order valence-corrected chi connectivity index (χ0v) is 16.0. The average Bonchev–Trinajstić information content (AvgIpc) is 2.67. The third-order valence-corrected chi connectivity index (χ3v) is 4.83. The molecule has 3 rings (SSSR count). The van der Waals surface area contributed by atoms with E-state index in [9.17, 15) is 4.79 Å². The smallest absolute Gasteiger partial charge is 0.260 e. The third-order valence-electron chi connectivity index (χ3n) is 4.30. The molecule has 0 N–H and O–H groups in total. The van der Waals surface area contributed by atoms with Gasteiger partial charge in [0.15, 0.2) is 6.61 Å². The number of rotatable bonds is 5. The maximum atomic E-state index is 12.4. The highest BCUT2D eigenvalue weighted by atomic mass is 35.5. The first-order valence-corrected chi connectivity index (χ1v) is 9.07. The minimum absolute atomic E-state index is 0.0456. The molecule has 26 heavy (non-hydrogen) atoms. The summed E-state index contributed by atoms with van der Waals surface area (Å²) in [6, 6.07) is 12.8. The molecule has 0 saturated carbocycles. The number of nitrogens with zero attached hydrogens (tertiary/aromatic N) is 2. The molecule has 1 amide bonds. The summed E-state index contributed by atoms with van der Waals surface area (Å²) in [4.78, 5) is 16.4. The van der Waals surface area contributed by atoms with Crippen LogP contribution in [0, 0.1) is 0 Å². The van der Waals surface area contributed by atoms with Crippen molar-refractivity contribution in [1.29, 1.82) is 0 Å². The lowest BCUT2D eigenvalue weighted by Gasteiger charge is -2.36. The highest BCUT2D eigenvalue weighted by molar-refractivity contribution is 6.35. The van der Waals surface area contributed by atoms with Crippen LogP contribution in [0.1, 0.15) is 0 Å². The Labute approximate surface area is 163 Å². The van der Waals surface area contributed by atoms with Gasteiger partial charge in [-0.25, -0.2) is 0 Å². The first-order valence-electron chi connectivity index (χ1n) is 8.32. The van der Waals surface area contributed by atoms with Crippen LogP contribution in [-0.2, 0) is 4.79 Å². The van der Waals surface area contributed by atoms with Crippen molar-refractivity contribution < 1.29 is 14.3 Å². The van der Waals surface area contributed by atoms with Crippen molar-refractivity contribution >= 4 is 34.8 Å². The highest BCUT2D eigenvalue weighted by Gasteiger charge is 2.23. The van der Waals surface area contributed by atoms with Gasteiger partial charge in [-0.1, -0.05) is 35.3 Å². The van der Waals surface area contributed by atoms with Crippen molar-refractivity contribution in [3.05, 3.63) is 52.5 Å². The van der Waals surface area contributed by atoms with E-state index in [1.807, 2.05) is 24.3 Å². The predicted molar refractivity (Wildman–Crippen MR) is 104 cm³/mol. The van der Waals surface area contributed by atoms with Gasteiger partial charge in [0.05, 0.1) is 17.8 Å². The van der Waals surface area contributed by atoms with Crippen LogP contribution in [-0.4, -0.2) is 50.7 Å². The molecule has 5 nitrogen and oxygen atoms in total. The minimum Gasteiger partial charge on any atom is -0.495 e. The molecule has 0 atom stereocenters. The van der Waals surface area contributed by atoms with E-state index in [0.717, 1.165) is 24.5 Å². The van der Waals surface area contributed by atoms with Crippen LogP contribution in [0.2, 0.25) is 10.0 Å². The SMILES string of the molecule is COc1ccccc1N1CCN(C(=O)COc2ccc(Cl)cc2Cl)CC1. The topological polar surface area (TPSA) is 42.0 Å². The molecule has 0 aromatic heterocycles. The summed E-state index contributed by atoms with van der Waals surface area (Å²) in [5.74, 6) is 1.24. The number of hydrogen-bond donors (Lipinski definition) is 0. The molecule has 0 radical (unpaired) electrons. The van der Waals surface area contributed by atoms with Gasteiger partial charge in [-0.3, -0.25) is 4.79 Å². The second-order valence-corrected chi connectivity index (χ2v) is 6.75. The number of methoxy groups -OCH3 is 1. The van der Waals surface area contributed by atoms with Gasteiger partial charge < -0.3 is 19.3 Å². The number of anilines is 1. The fourth-order valence-electron chi connectivity index (χ4n) is 2.91. The monoisotopic (exact) mass is 394 g/mol. The number of amides is 1. The first kappa shape index (κ1) is 18.7. The largest absolute Gasteiger partial charge is 0.495 e. The molecule has 0 aliphatic carbocycles. The fourth-order valence-corrected chi connectivity index (χ4v) is 3.37. The second kappa shape index (κ2) is 8.52. The highest BCUT2D eigenvalue weighted by Crippen LogP contribution is 2.29. The molecular weight excluding hydrogens is 375 g/mol. The summed E-state index contributed by atoms with van der Waals surface area (Å²) in [6.07, 6.45) is 0. The Morgan fingerprint density at radius 2 is 1.77 bits per heavy atom. The molecule has 2 aromatic rings. The van der Waals surface area contributed by atoms with Gasteiger partial charge >= 0.3 is 0 Å². The lowest BCUT2D eigenvalue weighted by molar-refractivity contribution is -0.133. The van der Waals surface area contributed by atoms with Crippen LogP contribution < -0.4 is 14.4 Å². The average molecular weight is 395 g/mol. The summed E-state index contributed by atoms with van der Waals surface area (Å²) >= 11 is 11.9. The van der Waals surface area contributed by atoms with Crippen molar-refractivity contribution in [2.45, 2.75) is 0 Å². The summed E-state index contributed by atoms with van der Waals surface area (Å²) in [7, 11) is 1.66.